The zero-order valence-electron chi connectivity index (χ0n) is 15.0. The van der Waals surface area contributed by atoms with Gasteiger partial charge in [-0.15, -0.1) is 0 Å². The van der Waals surface area contributed by atoms with Gasteiger partial charge >= 0.3 is 11.8 Å². The molecular weight excluding hydrogens is 349 g/mol. The van der Waals surface area contributed by atoms with Gasteiger partial charge in [0, 0.05) is 31.0 Å². The lowest BCUT2D eigenvalue weighted by Crippen LogP contribution is -2.37. The van der Waals surface area contributed by atoms with E-state index >= 15 is 0 Å². The van der Waals surface area contributed by atoms with Gasteiger partial charge in [-0.3, -0.25) is 9.59 Å². The van der Waals surface area contributed by atoms with Crippen LogP contribution in [-0.2, 0) is 16.6 Å². The number of rotatable bonds is 4. The van der Waals surface area contributed by atoms with Crippen LogP contribution < -0.4 is 10.6 Å². The van der Waals surface area contributed by atoms with Crippen molar-refractivity contribution in [3.63, 3.8) is 0 Å². The third-order valence-electron chi connectivity index (χ3n) is 4.39. The summed E-state index contributed by atoms with van der Waals surface area (Å²) >= 11 is 0. The number of nitrogens with one attached hydrogen (secondary N) is 2. The third-order valence-corrected chi connectivity index (χ3v) is 4.39. The van der Waals surface area contributed by atoms with E-state index in [9.17, 15) is 19.1 Å². The van der Waals surface area contributed by atoms with Gasteiger partial charge in [0.05, 0.1) is 6.10 Å². The zero-order chi connectivity index (χ0) is 19.6. The quantitative estimate of drug-likeness (QED) is 0.618. The normalized spacial score (nSPS) is 12.0. The molecule has 2 amide bonds. The molecule has 0 aliphatic heterocycles. The molecule has 0 radical (unpaired) electrons. The summed E-state index contributed by atoms with van der Waals surface area (Å²) in [6.07, 6.45) is 0.962. The van der Waals surface area contributed by atoms with Gasteiger partial charge in [-0.1, -0.05) is 12.1 Å². The van der Waals surface area contributed by atoms with Gasteiger partial charge < -0.3 is 20.3 Å². The molecule has 6 nitrogen and oxygen atoms in total. The minimum Gasteiger partial charge on any atom is -0.387 e. The first kappa shape index (κ1) is 18.6. The Hall–Kier alpha value is -3.19. The van der Waals surface area contributed by atoms with Crippen molar-refractivity contribution in [2.24, 2.45) is 7.05 Å². The second-order valence-electron chi connectivity index (χ2n) is 6.39. The summed E-state index contributed by atoms with van der Waals surface area (Å²) in [7, 11) is 1.93. The summed E-state index contributed by atoms with van der Waals surface area (Å²) in [6, 6.07) is 11.6. The van der Waals surface area contributed by atoms with Crippen molar-refractivity contribution >= 4 is 28.4 Å². The summed E-state index contributed by atoms with van der Waals surface area (Å²) in [5.41, 5.74) is 2.29. The Kier molecular flexibility index (Phi) is 5.23. The maximum absolute atomic E-state index is 13.5. The molecule has 3 N–H and O–H groups in total. The zero-order valence-corrected chi connectivity index (χ0v) is 15.0. The highest BCUT2D eigenvalue weighted by Crippen LogP contribution is 2.20. The first-order valence-corrected chi connectivity index (χ1v) is 8.43. The van der Waals surface area contributed by atoms with E-state index in [-0.39, 0.29) is 12.2 Å². The van der Waals surface area contributed by atoms with Gasteiger partial charge in [0.25, 0.3) is 0 Å². The van der Waals surface area contributed by atoms with Crippen molar-refractivity contribution in [2.75, 3.05) is 11.9 Å². The fraction of sp³-hybridized carbons (Fsp3) is 0.200. The molecule has 7 heteroatoms. The SMILES string of the molecule is Cc1ccc(NC(=O)C(=O)NCC(O)c2ccc3c(ccn3C)c2)cc1F. The number of aliphatic hydroxyl groups excluding tert-OH is 1. The molecule has 0 saturated heterocycles. The number of aliphatic hydroxyl groups is 1. The number of carbonyl (C=O) groups is 2. The van der Waals surface area contributed by atoms with Crippen LogP contribution >= 0.6 is 0 Å². The Bertz CT molecular complexity index is 1010. The lowest BCUT2D eigenvalue weighted by Gasteiger charge is -2.13. The largest absolute Gasteiger partial charge is 0.387 e. The highest BCUT2D eigenvalue weighted by molar-refractivity contribution is 6.39. The van der Waals surface area contributed by atoms with Crippen molar-refractivity contribution in [2.45, 2.75) is 13.0 Å². The van der Waals surface area contributed by atoms with Crippen LogP contribution in [0.2, 0.25) is 0 Å². The van der Waals surface area contributed by atoms with Crippen molar-refractivity contribution in [3.8, 4) is 0 Å². The van der Waals surface area contributed by atoms with Crippen molar-refractivity contribution in [1.29, 1.82) is 0 Å². The average Bonchev–Trinajstić information content (AvgIpc) is 3.02. The Labute approximate surface area is 155 Å². The lowest BCUT2D eigenvalue weighted by atomic mass is 10.1. The summed E-state index contributed by atoms with van der Waals surface area (Å²) in [5, 5.41) is 15.9. The predicted octanol–water partition coefficient (Wildman–Crippen LogP) is 2.41. The molecule has 3 aromatic rings. The van der Waals surface area contributed by atoms with Gasteiger partial charge in [-0.2, -0.15) is 0 Å². The van der Waals surface area contributed by atoms with E-state index < -0.39 is 23.7 Å². The molecule has 3 rings (SSSR count). The van der Waals surface area contributed by atoms with Gasteiger partial charge in [-0.05, 0) is 53.8 Å². The Morgan fingerprint density at radius 3 is 2.67 bits per heavy atom. The number of halogens is 1. The van der Waals surface area contributed by atoms with E-state index in [1.54, 1.807) is 13.0 Å². The maximum atomic E-state index is 13.5. The van der Waals surface area contributed by atoms with Crippen LogP contribution in [0.3, 0.4) is 0 Å². The number of aryl methyl sites for hydroxylation is 2. The van der Waals surface area contributed by atoms with Gasteiger partial charge in [0.1, 0.15) is 5.82 Å². The number of hydrogen-bond donors (Lipinski definition) is 3. The highest BCUT2D eigenvalue weighted by Gasteiger charge is 2.17. The van der Waals surface area contributed by atoms with E-state index in [2.05, 4.69) is 10.6 Å². The Morgan fingerprint density at radius 1 is 1.15 bits per heavy atom. The molecule has 1 heterocycles. The summed E-state index contributed by atoms with van der Waals surface area (Å²) < 4.78 is 15.5. The molecule has 1 atom stereocenters. The van der Waals surface area contributed by atoms with E-state index in [0.717, 1.165) is 17.0 Å². The van der Waals surface area contributed by atoms with Crippen molar-refractivity contribution in [1.82, 2.24) is 9.88 Å². The van der Waals surface area contributed by atoms with Gasteiger partial charge in [-0.25, -0.2) is 4.39 Å². The number of aromatic nitrogens is 1. The molecule has 0 bridgehead atoms. The molecule has 0 aliphatic carbocycles. The van der Waals surface area contributed by atoms with Crippen LogP contribution in [0.25, 0.3) is 10.9 Å². The van der Waals surface area contributed by atoms with Crippen LogP contribution in [-0.4, -0.2) is 28.0 Å². The smallest absolute Gasteiger partial charge is 0.313 e. The molecule has 0 saturated carbocycles. The second-order valence-corrected chi connectivity index (χ2v) is 6.39. The molecule has 140 valence electrons. The molecule has 2 aromatic carbocycles. The Morgan fingerprint density at radius 2 is 1.93 bits per heavy atom. The third kappa shape index (κ3) is 4.15. The summed E-state index contributed by atoms with van der Waals surface area (Å²) in [6.45, 7) is 1.48. The Balaban J connectivity index is 1.58. The highest BCUT2D eigenvalue weighted by atomic mass is 19.1. The average molecular weight is 369 g/mol. The lowest BCUT2D eigenvalue weighted by molar-refractivity contribution is -0.136. The fourth-order valence-corrected chi connectivity index (χ4v) is 2.75. The second kappa shape index (κ2) is 7.59. The number of carbonyl (C=O) groups excluding carboxylic acids is 2. The first-order chi connectivity index (χ1) is 12.8. The first-order valence-electron chi connectivity index (χ1n) is 8.43. The monoisotopic (exact) mass is 369 g/mol. The van der Waals surface area contributed by atoms with Crippen LogP contribution in [0, 0.1) is 12.7 Å². The number of amides is 2. The van der Waals surface area contributed by atoms with Crippen LogP contribution in [0.5, 0.6) is 0 Å². The number of fused-ring (bicyclic) bond motifs is 1. The van der Waals surface area contributed by atoms with Crippen LogP contribution in [0.15, 0.2) is 48.7 Å². The number of benzene rings is 2. The topological polar surface area (TPSA) is 83.4 Å². The minimum absolute atomic E-state index is 0.118. The van der Waals surface area contributed by atoms with E-state index in [1.807, 2.05) is 36.0 Å². The fourth-order valence-electron chi connectivity index (χ4n) is 2.75. The van der Waals surface area contributed by atoms with Crippen LogP contribution in [0.4, 0.5) is 10.1 Å². The summed E-state index contributed by atoms with van der Waals surface area (Å²) in [4.78, 5) is 23.8. The van der Waals surface area contributed by atoms with Crippen molar-refractivity contribution < 1.29 is 19.1 Å². The van der Waals surface area contributed by atoms with Crippen molar-refractivity contribution in [3.05, 3.63) is 65.6 Å². The molecule has 0 spiro atoms. The van der Waals surface area contributed by atoms with Gasteiger partial charge in [0.15, 0.2) is 0 Å². The number of anilines is 1. The molecule has 0 fully saturated rings. The predicted molar refractivity (Wildman–Crippen MR) is 101 cm³/mol. The van der Waals surface area contributed by atoms with E-state index in [4.69, 9.17) is 0 Å². The molecular formula is C20H20FN3O3. The molecule has 0 aliphatic rings. The van der Waals surface area contributed by atoms with E-state index in [0.29, 0.717) is 11.1 Å². The van der Waals surface area contributed by atoms with Gasteiger partial charge in [0.2, 0.25) is 0 Å². The number of nitrogens with zero attached hydrogens (tertiary/aromatic N) is 1. The number of hydrogen-bond acceptors (Lipinski definition) is 3. The standard InChI is InChI=1S/C20H20FN3O3/c1-12-3-5-15(10-16(12)21)23-20(27)19(26)22-11-18(25)14-4-6-17-13(9-14)7-8-24(17)2/h3-10,18,25H,11H2,1-2H3,(H,22,26)(H,23,27). The summed E-state index contributed by atoms with van der Waals surface area (Å²) in [5.74, 6) is -2.31. The molecule has 1 unspecified atom stereocenters. The minimum atomic E-state index is -0.955. The van der Waals surface area contributed by atoms with Crippen LogP contribution in [0.1, 0.15) is 17.2 Å². The van der Waals surface area contributed by atoms with E-state index in [1.165, 1.54) is 12.1 Å². The molecule has 1 aromatic heterocycles. The molecule has 27 heavy (non-hydrogen) atoms. The maximum Gasteiger partial charge on any atom is 0.313 e.